The molecule has 0 bridgehead atoms. The smallest absolute Gasteiger partial charge is 0.0686 e. The van der Waals surface area contributed by atoms with Crippen molar-refractivity contribution < 1.29 is 0 Å². The van der Waals surface area contributed by atoms with Gasteiger partial charge in [0.1, 0.15) is 8.07 Å². The molecule has 2 aliphatic carbocycles. The SMILES string of the molecule is CC1=C([Si](C)(C)C2=C(C)Cc3cc(C(C)C)cc(C(C)C)c32)c2c(cc(C(C)C)cc2C(C)C)C1. The van der Waals surface area contributed by atoms with Crippen LogP contribution in [0.4, 0.5) is 0 Å². The first-order valence-electron chi connectivity index (χ1n) is 14.0. The Hall–Kier alpha value is -1.86. The van der Waals surface area contributed by atoms with E-state index in [1.807, 2.05) is 0 Å². The van der Waals surface area contributed by atoms with Gasteiger partial charge in [-0.3, -0.25) is 0 Å². The quantitative estimate of drug-likeness (QED) is 0.358. The van der Waals surface area contributed by atoms with Gasteiger partial charge in [-0.05, 0) is 105 Å². The average molecular weight is 485 g/mol. The zero-order valence-electron chi connectivity index (χ0n) is 24.5. The lowest BCUT2D eigenvalue weighted by atomic mass is 9.89. The molecule has 188 valence electrons. The molecule has 0 amide bonds. The van der Waals surface area contributed by atoms with E-state index in [1.165, 1.54) is 11.1 Å². The van der Waals surface area contributed by atoms with E-state index in [9.17, 15) is 0 Å². The molecule has 0 radical (unpaired) electrons. The molecule has 0 N–H and O–H groups in total. The Balaban J connectivity index is 1.95. The summed E-state index contributed by atoms with van der Waals surface area (Å²) in [5.41, 5.74) is 15.8. The Bertz CT molecular complexity index is 1130. The van der Waals surface area contributed by atoms with Crippen LogP contribution in [-0.4, -0.2) is 8.07 Å². The fraction of sp³-hybridized carbons (Fsp3) is 0.529. The molecule has 0 heterocycles. The van der Waals surface area contributed by atoms with Crippen LogP contribution >= 0.6 is 0 Å². The second-order valence-electron chi connectivity index (χ2n) is 13.2. The Kier molecular flexibility index (Phi) is 6.90. The molecule has 0 saturated carbocycles. The van der Waals surface area contributed by atoms with Crippen LogP contribution in [0.5, 0.6) is 0 Å². The molecule has 0 spiro atoms. The second-order valence-corrected chi connectivity index (χ2v) is 17.4. The van der Waals surface area contributed by atoms with Crippen molar-refractivity contribution >= 4 is 18.5 Å². The van der Waals surface area contributed by atoms with Gasteiger partial charge >= 0.3 is 0 Å². The summed E-state index contributed by atoms with van der Waals surface area (Å²) in [5, 5.41) is 3.47. The highest BCUT2D eigenvalue weighted by atomic mass is 28.3. The van der Waals surface area contributed by atoms with E-state index in [0.29, 0.717) is 23.7 Å². The Labute approximate surface area is 217 Å². The Morgan fingerprint density at radius 3 is 1.17 bits per heavy atom. The summed E-state index contributed by atoms with van der Waals surface area (Å²) in [6, 6.07) is 10.1. The third-order valence-corrected chi connectivity index (χ3v) is 12.5. The van der Waals surface area contributed by atoms with Gasteiger partial charge in [-0.15, -0.1) is 0 Å². The molecule has 2 aromatic rings. The van der Waals surface area contributed by atoms with Crippen LogP contribution in [0.15, 0.2) is 35.4 Å². The third kappa shape index (κ3) is 4.33. The van der Waals surface area contributed by atoms with Gasteiger partial charge in [0.05, 0.1) is 0 Å². The van der Waals surface area contributed by atoms with E-state index in [0.717, 1.165) is 12.8 Å². The van der Waals surface area contributed by atoms with Crippen LogP contribution in [0.25, 0.3) is 10.4 Å². The number of hydrogen-bond acceptors (Lipinski definition) is 0. The first kappa shape index (κ1) is 26.2. The van der Waals surface area contributed by atoms with Crippen LogP contribution in [0.1, 0.15) is 137 Å². The third-order valence-electron chi connectivity index (χ3n) is 8.64. The number of fused-ring (bicyclic) bond motifs is 2. The maximum atomic E-state index is 2.65. The second kappa shape index (κ2) is 9.22. The molecule has 0 aromatic heterocycles. The molecule has 2 aliphatic rings. The molecule has 0 saturated heterocycles. The topological polar surface area (TPSA) is 0 Å². The van der Waals surface area contributed by atoms with Gasteiger partial charge in [-0.1, -0.05) is 104 Å². The number of benzene rings is 2. The van der Waals surface area contributed by atoms with Crippen molar-refractivity contribution in [3.05, 3.63) is 79.9 Å². The van der Waals surface area contributed by atoms with Crippen molar-refractivity contribution in [3.63, 3.8) is 0 Å². The molecular formula is C34H48Si. The van der Waals surface area contributed by atoms with Crippen LogP contribution in [0, 0.1) is 0 Å². The van der Waals surface area contributed by atoms with E-state index in [-0.39, 0.29) is 0 Å². The minimum Gasteiger partial charge on any atom is -0.0686 e. The van der Waals surface area contributed by atoms with Gasteiger partial charge in [-0.2, -0.15) is 0 Å². The lowest BCUT2D eigenvalue weighted by Gasteiger charge is -2.33. The standard InChI is InChI=1S/C34H48Si/c1-19(2)25-15-27-13-23(9)33(31(27)29(17-25)21(5)6)35(11,12)34-24(10)14-28-16-26(20(3)4)18-30(22(7)8)32(28)34/h15-22H,13-14H2,1-12H3. The predicted molar refractivity (Wildman–Crippen MR) is 159 cm³/mol. The highest BCUT2D eigenvalue weighted by molar-refractivity contribution is 7.09. The molecule has 0 nitrogen and oxygen atoms in total. The molecule has 0 fully saturated rings. The average Bonchev–Trinajstić information content (AvgIpc) is 3.27. The summed E-state index contributed by atoms with van der Waals surface area (Å²) >= 11 is 0. The molecule has 0 unspecified atom stereocenters. The highest BCUT2D eigenvalue weighted by Gasteiger charge is 2.42. The van der Waals surface area contributed by atoms with Gasteiger partial charge in [0, 0.05) is 0 Å². The highest BCUT2D eigenvalue weighted by Crippen LogP contribution is 2.52. The van der Waals surface area contributed by atoms with Gasteiger partial charge < -0.3 is 0 Å². The van der Waals surface area contributed by atoms with E-state index >= 15 is 0 Å². The summed E-state index contributed by atoms with van der Waals surface area (Å²) in [5.74, 6) is 2.23. The van der Waals surface area contributed by atoms with Gasteiger partial charge in [-0.25, -0.2) is 0 Å². The minimum atomic E-state index is -1.95. The Morgan fingerprint density at radius 2 is 0.886 bits per heavy atom. The maximum Gasteiger partial charge on any atom is 0.113 e. The lowest BCUT2D eigenvalue weighted by Crippen LogP contribution is -2.32. The van der Waals surface area contributed by atoms with E-state index < -0.39 is 8.07 Å². The van der Waals surface area contributed by atoms with Crippen molar-refractivity contribution in [3.8, 4) is 0 Å². The zero-order chi connectivity index (χ0) is 26.0. The lowest BCUT2D eigenvalue weighted by molar-refractivity contribution is 0.828. The maximum absolute atomic E-state index is 2.65. The van der Waals surface area contributed by atoms with Crippen molar-refractivity contribution in [1.82, 2.24) is 0 Å². The van der Waals surface area contributed by atoms with Crippen LogP contribution in [0.2, 0.25) is 13.1 Å². The van der Waals surface area contributed by atoms with Crippen molar-refractivity contribution in [2.45, 2.75) is 119 Å². The van der Waals surface area contributed by atoms with Crippen molar-refractivity contribution in [2.75, 3.05) is 0 Å². The summed E-state index contributed by atoms with van der Waals surface area (Å²) < 4.78 is 0. The van der Waals surface area contributed by atoms with Crippen LogP contribution in [0.3, 0.4) is 0 Å². The van der Waals surface area contributed by atoms with Gasteiger partial charge in [0.2, 0.25) is 0 Å². The normalized spacial score (nSPS) is 16.0. The zero-order valence-corrected chi connectivity index (χ0v) is 25.5. The molecule has 35 heavy (non-hydrogen) atoms. The number of hydrogen-bond donors (Lipinski definition) is 0. The van der Waals surface area contributed by atoms with E-state index in [4.69, 9.17) is 0 Å². The molecule has 2 aromatic carbocycles. The van der Waals surface area contributed by atoms with E-state index in [1.54, 1.807) is 54.9 Å². The largest absolute Gasteiger partial charge is 0.113 e. The summed E-state index contributed by atoms with van der Waals surface area (Å²) in [7, 11) is -1.95. The van der Waals surface area contributed by atoms with Crippen molar-refractivity contribution in [1.29, 1.82) is 0 Å². The first-order chi connectivity index (χ1) is 16.2. The molecule has 0 aliphatic heterocycles. The molecule has 4 rings (SSSR count). The first-order valence-corrected chi connectivity index (χ1v) is 17.0. The molecular weight excluding hydrogens is 436 g/mol. The fourth-order valence-corrected chi connectivity index (χ4v) is 11.4. The van der Waals surface area contributed by atoms with E-state index in [2.05, 4.69) is 107 Å². The summed E-state index contributed by atoms with van der Waals surface area (Å²) in [4.78, 5) is 0. The number of allylic oxidation sites excluding steroid dienone is 2. The number of rotatable bonds is 6. The van der Waals surface area contributed by atoms with Crippen LogP contribution in [-0.2, 0) is 12.8 Å². The van der Waals surface area contributed by atoms with Gasteiger partial charge in [0.25, 0.3) is 0 Å². The predicted octanol–water partition coefficient (Wildman–Crippen LogP) is 10.3. The van der Waals surface area contributed by atoms with Gasteiger partial charge in [0.15, 0.2) is 0 Å². The van der Waals surface area contributed by atoms with Crippen LogP contribution < -0.4 is 0 Å². The molecule has 0 atom stereocenters. The minimum absolute atomic E-state index is 0.541. The van der Waals surface area contributed by atoms with Crippen molar-refractivity contribution in [2.24, 2.45) is 0 Å². The summed E-state index contributed by atoms with van der Waals surface area (Å²) in [6.45, 7) is 29.1. The fourth-order valence-electron chi connectivity index (χ4n) is 6.96. The molecule has 1 heteroatoms. The Morgan fingerprint density at radius 1 is 0.543 bits per heavy atom. The monoisotopic (exact) mass is 484 g/mol. The summed E-state index contributed by atoms with van der Waals surface area (Å²) in [6.07, 6.45) is 2.26.